The van der Waals surface area contributed by atoms with E-state index in [9.17, 15) is 14.7 Å². The highest BCUT2D eigenvalue weighted by molar-refractivity contribution is 5.87. The minimum Gasteiger partial charge on any atom is -0.479 e. The number of carbonyl (C=O) groups is 2. The molecule has 0 radical (unpaired) electrons. The monoisotopic (exact) mass is 284 g/mol. The van der Waals surface area contributed by atoms with E-state index in [1.54, 1.807) is 16.8 Å². The fourth-order valence-corrected chi connectivity index (χ4v) is 2.84. The Morgan fingerprint density at radius 1 is 1.40 bits per heavy atom. The normalized spacial score (nSPS) is 24.6. The van der Waals surface area contributed by atoms with Crippen LogP contribution in [0.5, 0.6) is 0 Å². The fourth-order valence-electron chi connectivity index (χ4n) is 2.84. The number of aliphatic carboxylic acids is 1. The minimum atomic E-state index is -1.02. The molecule has 1 aliphatic heterocycles. The largest absolute Gasteiger partial charge is 0.479 e. The Morgan fingerprint density at radius 3 is 2.35 bits per heavy atom. The van der Waals surface area contributed by atoms with Crippen LogP contribution in [0.4, 0.5) is 4.79 Å². The number of hydrogen-bond acceptors (Lipinski definition) is 2. The van der Waals surface area contributed by atoms with Crippen molar-refractivity contribution in [2.75, 3.05) is 13.6 Å². The third kappa shape index (κ3) is 2.76. The first kappa shape index (κ1) is 16.8. The lowest BCUT2D eigenvalue weighted by Gasteiger charge is -2.41. The van der Waals surface area contributed by atoms with Crippen molar-refractivity contribution in [1.29, 1.82) is 0 Å². The van der Waals surface area contributed by atoms with E-state index >= 15 is 0 Å². The van der Waals surface area contributed by atoms with Crippen molar-refractivity contribution in [3.63, 3.8) is 0 Å². The van der Waals surface area contributed by atoms with Crippen LogP contribution < -0.4 is 0 Å². The van der Waals surface area contributed by atoms with Gasteiger partial charge in [0.05, 0.1) is 0 Å². The maximum atomic E-state index is 12.7. The highest BCUT2D eigenvalue weighted by Gasteiger charge is 2.50. The SMILES string of the molecule is CCC1(C(=O)O)CCCN1C(=O)N(C)C(C)C(C)(C)C. The second-order valence-electron chi connectivity index (χ2n) is 6.88. The molecule has 116 valence electrons. The Balaban J connectivity index is 2.99. The van der Waals surface area contributed by atoms with Crippen molar-refractivity contribution in [2.45, 2.75) is 65.5 Å². The first-order valence-corrected chi connectivity index (χ1v) is 7.35. The number of rotatable bonds is 3. The van der Waals surface area contributed by atoms with Gasteiger partial charge in [-0.1, -0.05) is 27.7 Å². The Labute approximate surface area is 121 Å². The third-order valence-electron chi connectivity index (χ3n) is 4.84. The zero-order valence-corrected chi connectivity index (χ0v) is 13.6. The van der Waals surface area contributed by atoms with Gasteiger partial charge in [-0.05, 0) is 31.6 Å². The van der Waals surface area contributed by atoms with Crippen LogP contribution in [0.1, 0.15) is 53.9 Å². The predicted molar refractivity (Wildman–Crippen MR) is 78.7 cm³/mol. The molecule has 0 aliphatic carbocycles. The standard InChI is InChI=1S/C15H28N2O3/c1-7-15(12(18)19)9-8-10-17(15)13(20)16(6)11(2)14(3,4)5/h11H,7-10H2,1-6H3,(H,18,19). The van der Waals surface area contributed by atoms with Crippen molar-refractivity contribution < 1.29 is 14.7 Å². The van der Waals surface area contributed by atoms with E-state index in [2.05, 4.69) is 20.8 Å². The summed E-state index contributed by atoms with van der Waals surface area (Å²) < 4.78 is 0. The van der Waals surface area contributed by atoms with Crippen molar-refractivity contribution in [3.8, 4) is 0 Å². The van der Waals surface area contributed by atoms with Gasteiger partial charge in [-0.2, -0.15) is 0 Å². The molecular weight excluding hydrogens is 256 g/mol. The van der Waals surface area contributed by atoms with Crippen LogP contribution in [0, 0.1) is 5.41 Å². The van der Waals surface area contributed by atoms with Crippen LogP contribution in [0.15, 0.2) is 0 Å². The molecule has 1 heterocycles. The van der Waals surface area contributed by atoms with Gasteiger partial charge >= 0.3 is 12.0 Å². The molecule has 1 fully saturated rings. The summed E-state index contributed by atoms with van der Waals surface area (Å²) in [6.45, 7) is 10.6. The topological polar surface area (TPSA) is 60.9 Å². The number of urea groups is 1. The van der Waals surface area contributed by atoms with Crippen LogP contribution in [-0.4, -0.2) is 52.1 Å². The van der Waals surface area contributed by atoms with Crippen LogP contribution in [-0.2, 0) is 4.79 Å². The van der Waals surface area contributed by atoms with Crippen molar-refractivity contribution in [3.05, 3.63) is 0 Å². The average molecular weight is 284 g/mol. The summed E-state index contributed by atoms with van der Waals surface area (Å²) in [5.41, 5.74) is -1.06. The highest BCUT2D eigenvalue weighted by Crippen LogP contribution is 2.34. The lowest BCUT2D eigenvalue weighted by atomic mass is 9.87. The van der Waals surface area contributed by atoms with E-state index in [1.807, 2.05) is 13.8 Å². The van der Waals surface area contributed by atoms with Crippen LogP contribution in [0.2, 0.25) is 0 Å². The maximum absolute atomic E-state index is 12.7. The predicted octanol–water partition coefficient (Wildman–Crippen LogP) is 2.80. The van der Waals surface area contributed by atoms with Crippen LogP contribution in [0.25, 0.3) is 0 Å². The smallest absolute Gasteiger partial charge is 0.329 e. The van der Waals surface area contributed by atoms with E-state index in [-0.39, 0.29) is 17.5 Å². The number of amides is 2. The van der Waals surface area contributed by atoms with E-state index in [4.69, 9.17) is 0 Å². The van der Waals surface area contributed by atoms with Crippen molar-refractivity contribution in [2.24, 2.45) is 5.41 Å². The molecule has 0 aromatic rings. The first-order chi connectivity index (χ1) is 9.08. The third-order valence-corrected chi connectivity index (χ3v) is 4.84. The van der Waals surface area contributed by atoms with Gasteiger partial charge in [-0.3, -0.25) is 0 Å². The molecule has 2 amide bonds. The van der Waals surface area contributed by atoms with Gasteiger partial charge in [0.15, 0.2) is 0 Å². The van der Waals surface area contributed by atoms with E-state index in [0.29, 0.717) is 19.4 Å². The summed E-state index contributed by atoms with van der Waals surface area (Å²) in [4.78, 5) is 27.6. The van der Waals surface area contributed by atoms with Gasteiger partial charge in [0.1, 0.15) is 5.54 Å². The Morgan fingerprint density at radius 2 is 1.95 bits per heavy atom. The molecule has 0 aromatic heterocycles. The molecular formula is C15H28N2O3. The summed E-state index contributed by atoms with van der Waals surface area (Å²) in [5, 5.41) is 9.55. The molecule has 2 unspecified atom stereocenters. The molecule has 1 rings (SSSR count). The number of likely N-dealkylation sites (tertiary alicyclic amines) is 1. The maximum Gasteiger partial charge on any atom is 0.329 e. The zero-order chi connectivity index (χ0) is 15.7. The summed E-state index contributed by atoms with van der Waals surface area (Å²) >= 11 is 0. The number of nitrogens with zero attached hydrogens (tertiary/aromatic N) is 2. The first-order valence-electron chi connectivity index (χ1n) is 7.35. The Bertz CT molecular complexity index is 389. The van der Waals surface area contributed by atoms with E-state index in [1.165, 1.54) is 0 Å². The molecule has 1 saturated heterocycles. The molecule has 20 heavy (non-hydrogen) atoms. The molecule has 0 saturated carbocycles. The molecule has 1 N–H and O–H groups in total. The Kier molecular flexibility index (Phi) is 4.72. The molecule has 0 spiro atoms. The summed E-state index contributed by atoms with van der Waals surface area (Å²) in [6, 6.07) is -0.131. The summed E-state index contributed by atoms with van der Waals surface area (Å²) in [7, 11) is 1.76. The molecule has 0 aromatic carbocycles. The van der Waals surface area contributed by atoms with Gasteiger partial charge in [0.25, 0.3) is 0 Å². The number of hydrogen-bond donors (Lipinski definition) is 1. The van der Waals surface area contributed by atoms with Gasteiger partial charge in [-0.25, -0.2) is 9.59 Å². The highest BCUT2D eigenvalue weighted by atomic mass is 16.4. The van der Waals surface area contributed by atoms with E-state index < -0.39 is 11.5 Å². The minimum absolute atomic E-state index is 0.0395. The van der Waals surface area contributed by atoms with Crippen LogP contribution in [0.3, 0.4) is 0 Å². The molecule has 1 aliphatic rings. The Hall–Kier alpha value is -1.26. The van der Waals surface area contributed by atoms with Crippen molar-refractivity contribution >= 4 is 12.0 Å². The molecule has 0 bridgehead atoms. The zero-order valence-electron chi connectivity index (χ0n) is 13.6. The van der Waals surface area contributed by atoms with Gasteiger partial charge in [0, 0.05) is 19.6 Å². The van der Waals surface area contributed by atoms with Gasteiger partial charge < -0.3 is 14.9 Å². The lowest BCUT2D eigenvalue weighted by Crippen LogP contribution is -2.58. The van der Waals surface area contributed by atoms with Crippen molar-refractivity contribution in [1.82, 2.24) is 9.80 Å². The van der Waals surface area contributed by atoms with Gasteiger partial charge in [-0.15, -0.1) is 0 Å². The number of carboxylic acids is 1. The van der Waals surface area contributed by atoms with Crippen LogP contribution >= 0.6 is 0 Å². The number of carbonyl (C=O) groups excluding carboxylic acids is 1. The second-order valence-corrected chi connectivity index (χ2v) is 6.88. The molecule has 5 nitrogen and oxygen atoms in total. The van der Waals surface area contributed by atoms with Gasteiger partial charge in [0.2, 0.25) is 0 Å². The number of carboxylic acid groups (broad SMARTS) is 1. The summed E-state index contributed by atoms with van der Waals surface area (Å²) in [6.07, 6.45) is 1.75. The fraction of sp³-hybridized carbons (Fsp3) is 0.867. The molecule has 2 atom stereocenters. The molecule has 5 heteroatoms. The van der Waals surface area contributed by atoms with E-state index in [0.717, 1.165) is 6.42 Å². The quantitative estimate of drug-likeness (QED) is 0.867. The average Bonchev–Trinajstić information content (AvgIpc) is 2.79. The lowest BCUT2D eigenvalue weighted by molar-refractivity contribution is -0.148. The second kappa shape index (κ2) is 5.62. The summed E-state index contributed by atoms with van der Waals surface area (Å²) in [5.74, 6) is -0.886.